The van der Waals surface area contributed by atoms with Crippen LogP contribution in [0.4, 0.5) is 13.2 Å². The van der Waals surface area contributed by atoms with Gasteiger partial charge < -0.3 is 0 Å². The molecule has 4 heteroatoms. The van der Waals surface area contributed by atoms with E-state index in [9.17, 15) is 13.2 Å². The summed E-state index contributed by atoms with van der Waals surface area (Å²) in [4.78, 5) is 0. The predicted octanol–water partition coefficient (Wildman–Crippen LogP) is 3.81. The van der Waals surface area contributed by atoms with Gasteiger partial charge in [-0.2, -0.15) is 13.2 Å². The fourth-order valence-corrected chi connectivity index (χ4v) is 1.76. The van der Waals surface area contributed by atoms with Crippen molar-refractivity contribution >= 4 is 12.7 Å². The molecule has 0 N–H and O–H groups in total. The zero-order chi connectivity index (χ0) is 13.6. The Hall–Kier alpha value is -1.19. The molecule has 0 atom stereocenters. The van der Waals surface area contributed by atoms with Crippen LogP contribution in [0.2, 0.25) is 6.32 Å². The molecule has 0 spiro atoms. The van der Waals surface area contributed by atoms with Crippen LogP contribution >= 0.6 is 0 Å². The van der Waals surface area contributed by atoms with Crippen molar-refractivity contribution in [1.82, 2.24) is 0 Å². The summed E-state index contributed by atoms with van der Waals surface area (Å²) in [6, 6.07) is 6.15. The van der Waals surface area contributed by atoms with Gasteiger partial charge in [0.25, 0.3) is 0 Å². The Morgan fingerprint density at radius 3 is 2.61 bits per heavy atom. The van der Waals surface area contributed by atoms with Gasteiger partial charge in [0.1, 0.15) is 0 Å². The van der Waals surface area contributed by atoms with E-state index in [1.54, 1.807) is 0 Å². The maximum atomic E-state index is 11.9. The van der Waals surface area contributed by atoms with Gasteiger partial charge in [-0.3, -0.25) is 0 Å². The van der Waals surface area contributed by atoms with Crippen molar-refractivity contribution in [3.8, 4) is 0 Å². The highest BCUT2D eigenvalue weighted by molar-refractivity contribution is 6.53. The van der Waals surface area contributed by atoms with Crippen molar-refractivity contribution in [3.63, 3.8) is 0 Å². The van der Waals surface area contributed by atoms with Crippen LogP contribution in [0.5, 0.6) is 0 Å². The second-order valence-corrected chi connectivity index (χ2v) is 4.26. The molecular weight excluding hydrogens is 236 g/mol. The molecule has 18 heavy (non-hydrogen) atoms. The number of hydrogen-bond acceptors (Lipinski definition) is 0. The van der Waals surface area contributed by atoms with Crippen LogP contribution in [0, 0.1) is 6.92 Å². The topological polar surface area (TPSA) is 0 Å². The van der Waals surface area contributed by atoms with Gasteiger partial charge in [0.2, 0.25) is 0 Å². The van der Waals surface area contributed by atoms with Crippen LogP contribution in [0.15, 0.2) is 30.4 Å². The number of aryl methyl sites for hydroxylation is 2. The van der Waals surface area contributed by atoms with Crippen LogP contribution in [0.1, 0.15) is 24.5 Å². The smallest absolute Gasteiger partial charge is 0.167 e. The lowest BCUT2D eigenvalue weighted by Gasteiger charge is -2.06. The number of benzene rings is 1. The second kappa shape index (κ2) is 6.67. The predicted molar refractivity (Wildman–Crippen MR) is 70.6 cm³/mol. The van der Waals surface area contributed by atoms with E-state index >= 15 is 0 Å². The average Bonchev–Trinajstić information content (AvgIpc) is 2.29. The highest BCUT2D eigenvalue weighted by Gasteiger charge is 2.21. The Morgan fingerprint density at radius 1 is 1.28 bits per heavy atom. The molecule has 1 radical (unpaired) electrons. The SMILES string of the molecule is CCc1cc([B]CCC=CC(F)(F)F)ccc1C. The van der Waals surface area contributed by atoms with Gasteiger partial charge in [-0.05, 0) is 30.9 Å². The first-order chi connectivity index (χ1) is 8.42. The van der Waals surface area contributed by atoms with E-state index in [2.05, 4.69) is 26.0 Å². The molecule has 0 heterocycles. The first-order valence-corrected chi connectivity index (χ1v) is 6.09. The molecule has 0 aliphatic heterocycles. The van der Waals surface area contributed by atoms with Crippen LogP contribution in [0.25, 0.3) is 0 Å². The third kappa shape index (κ3) is 5.43. The first kappa shape index (κ1) is 14.9. The molecule has 0 aromatic heterocycles. The summed E-state index contributed by atoms with van der Waals surface area (Å²) >= 11 is 0. The van der Waals surface area contributed by atoms with Crippen LogP contribution < -0.4 is 5.46 Å². The minimum absolute atomic E-state index is 0.299. The summed E-state index contributed by atoms with van der Waals surface area (Å²) in [6.45, 7) is 4.16. The number of rotatable bonds is 5. The number of alkyl halides is 3. The lowest BCUT2D eigenvalue weighted by atomic mass is 9.66. The highest BCUT2D eigenvalue weighted by atomic mass is 19.4. The molecule has 0 aliphatic carbocycles. The molecule has 97 valence electrons. The van der Waals surface area contributed by atoms with E-state index in [1.807, 2.05) is 13.3 Å². The van der Waals surface area contributed by atoms with E-state index in [0.29, 0.717) is 18.8 Å². The van der Waals surface area contributed by atoms with Gasteiger partial charge in [0.05, 0.1) is 0 Å². The summed E-state index contributed by atoms with van der Waals surface area (Å²) in [6.07, 6.45) is -0.715. The minimum Gasteiger partial charge on any atom is -0.167 e. The quantitative estimate of drug-likeness (QED) is 0.425. The molecule has 0 aliphatic rings. The second-order valence-electron chi connectivity index (χ2n) is 4.26. The van der Waals surface area contributed by atoms with Gasteiger partial charge in [-0.25, -0.2) is 0 Å². The van der Waals surface area contributed by atoms with Crippen LogP contribution in [0.3, 0.4) is 0 Å². The Labute approximate surface area is 107 Å². The third-order valence-corrected chi connectivity index (χ3v) is 2.77. The lowest BCUT2D eigenvalue weighted by molar-refractivity contribution is -0.0800. The number of halogens is 3. The van der Waals surface area contributed by atoms with Crippen LogP contribution in [-0.4, -0.2) is 13.5 Å². The molecule has 0 saturated heterocycles. The summed E-state index contributed by atoms with van der Waals surface area (Å²) in [5.74, 6) is 0. The zero-order valence-corrected chi connectivity index (χ0v) is 10.7. The Morgan fingerprint density at radius 2 is 2.00 bits per heavy atom. The first-order valence-electron chi connectivity index (χ1n) is 6.09. The lowest BCUT2D eigenvalue weighted by Crippen LogP contribution is -2.14. The van der Waals surface area contributed by atoms with Gasteiger partial charge in [-0.15, -0.1) is 0 Å². The average molecular weight is 253 g/mol. The summed E-state index contributed by atoms with van der Waals surface area (Å²) in [5.41, 5.74) is 3.62. The number of hydrogen-bond donors (Lipinski definition) is 0. The normalized spacial score (nSPS) is 12.1. The van der Waals surface area contributed by atoms with Gasteiger partial charge in [0, 0.05) is 6.08 Å². The molecular formula is C14H17BF3. The van der Waals surface area contributed by atoms with Gasteiger partial charge in [0.15, 0.2) is 7.28 Å². The highest BCUT2D eigenvalue weighted by Crippen LogP contribution is 2.16. The van der Waals surface area contributed by atoms with E-state index in [0.717, 1.165) is 11.9 Å². The van der Waals surface area contributed by atoms with Crippen molar-refractivity contribution in [2.75, 3.05) is 0 Å². The monoisotopic (exact) mass is 253 g/mol. The standard InChI is InChI=1S/C14H17BF3/c1-3-12-10-13(7-6-11(12)2)15-9-5-4-8-14(16,17)18/h4,6-8,10H,3,5,9H2,1-2H3. The van der Waals surface area contributed by atoms with E-state index in [4.69, 9.17) is 0 Å². The van der Waals surface area contributed by atoms with Crippen molar-refractivity contribution in [2.24, 2.45) is 0 Å². The molecule has 1 aromatic rings. The zero-order valence-electron chi connectivity index (χ0n) is 10.7. The van der Waals surface area contributed by atoms with Gasteiger partial charge in [-0.1, -0.05) is 43.0 Å². The van der Waals surface area contributed by atoms with Gasteiger partial charge >= 0.3 is 6.18 Å². The largest absolute Gasteiger partial charge is 0.409 e. The number of allylic oxidation sites excluding steroid dienone is 2. The fraction of sp³-hybridized carbons (Fsp3) is 0.429. The molecule has 0 saturated carbocycles. The van der Waals surface area contributed by atoms with E-state index < -0.39 is 6.18 Å². The summed E-state index contributed by atoms with van der Waals surface area (Å²) < 4.78 is 35.6. The van der Waals surface area contributed by atoms with Crippen molar-refractivity contribution in [3.05, 3.63) is 41.5 Å². The maximum absolute atomic E-state index is 11.9. The molecule has 0 amide bonds. The Bertz CT molecular complexity index is 408. The van der Waals surface area contributed by atoms with E-state index in [-0.39, 0.29) is 0 Å². The third-order valence-electron chi connectivity index (χ3n) is 2.77. The molecule has 1 aromatic carbocycles. The Kier molecular flexibility index (Phi) is 5.51. The van der Waals surface area contributed by atoms with Crippen LogP contribution in [-0.2, 0) is 6.42 Å². The summed E-state index contributed by atoms with van der Waals surface area (Å²) in [7, 11) is 1.97. The molecule has 0 unspecified atom stereocenters. The van der Waals surface area contributed by atoms with Crippen molar-refractivity contribution < 1.29 is 13.2 Å². The molecule has 0 bridgehead atoms. The minimum atomic E-state index is -4.20. The van der Waals surface area contributed by atoms with Crippen molar-refractivity contribution in [2.45, 2.75) is 39.2 Å². The summed E-state index contributed by atoms with van der Waals surface area (Å²) in [5, 5.41) is 0. The fourth-order valence-electron chi connectivity index (χ4n) is 1.76. The maximum Gasteiger partial charge on any atom is 0.409 e. The molecule has 0 fully saturated rings. The van der Waals surface area contributed by atoms with Crippen molar-refractivity contribution in [1.29, 1.82) is 0 Å². The molecule has 0 nitrogen and oxygen atoms in total. The Balaban J connectivity index is 2.42. The van der Waals surface area contributed by atoms with E-state index in [1.165, 1.54) is 17.2 Å². The molecule has 1 rings (SSSR count).